The van der Waals surface area contributed by atoms with Gasteiger partial charge in [-0.2, -0.15) is 4.31 Å². The van der Waals surface area contributed by atoms with Crippen molar-refractivity contribution in [2.45, 2.75) is 18.7 Å². The first-order valence-electron chi connectivity index (χ1n) is 7.70. The lowest BCUT2D eigenvalue weighted by atomic mass is 10.1. The summed E-state index contributed by atoms with van der Waals surface area (Å²) in [6, 6.07) is 10.6. The smallest absolute Gasteiger partial charge is 0.274 e. The van der Waals surface area contributed by atoms with Gasteiger partial charge < -0.3 is 5.32 Å². The Balaban J connectivity index is 2.14. The van der Waals surface area contributed by atoms with E-state index in [1.807, 2.05) is 6.92 Å². The third-order valence-electron chi connectivity index (χ3n) is 3.87. The number of hydrogen-bond donors (Lipinski definition) is 1. The van der Waals surface area contributed by atoms with Crippen molar-refractivity contribution in [3.63, 3.8) is 0 Å². The van der Waals surface area contributed by atoms with E-state index in [2.05, 4.69) is 5.32 Å². The van der Waals surface area contributed by atoms with Crippen LogP contribution in [0.4, 0.5) is 11.4 Å². The fourth-order valence-electron chi connectivity index (χ4n) is 2.32. The molecule has 0 bridgehead atoms. The highest BCUT2D eigenvalue weighted by Gasteiger charge is 2.23. The van der Waals surface area contributed by atoms with Gasteiger partial charge in [0.1, 0.15) is 0 Å². The summed E-state index contributed by atoms with van der Waals surface area (Å²) < 4.78 is 25.9. The Morgan fingerprint density at radius 3 is 2.35 bits per heavy atom. The predicted octanol–water partition coefficient (Wildman–Crippen LogP) is 2.47. The zero-order valence-electron chi connectivity index (χ0n) is 14.6. The summed E-state index contributed by atoms with van der Waals surface area (Å²) in [6.45, 7) is 2.94. The van der Waals surface area contributed by atoms with Gasteiger partial charge in [-0.05, 0) is 32.0 Å². The molecule has 0 saturated carbocycles. The number of nitrogens with zero attached hydrogens (tertiary/aromatic N) is 2. The fraction of sp³-hybridized carbons (Fsp3) is 0.235. The van der Waals surface area contributed by atoms with Crippen LogP contribution in [-0.2, 0) is 14.8 Å². The van der Waals surface area contributed by atoms with Crippen LogP contribution in [0, 0.1) is 24.0 Å². The molecule has 0 spiro atoms. The van der Waals surface area contributed by atoms with Gasteiger partial charge >= 0.3 is 0 Å². The normalized spacial score (nSPS) is 11.4. The van der Waals surface area contributed by atoms with Crippen LogP contribution in [0.25, 0.3) is 0 Å². The summed E-state index contributed by atoms with van der Waals surface area (Å²) in [6.07, 6.45) is 0. The molecule has 0 aliphatic rings. The molecule has 0 aliphatic carbocycles. The Kier molecular flexibility index (Phi) is 5.73. The van der Waals surface area contributed by atoms with Crippen molar-refractivity contribution in [1.82, 2.24) is 4.31 Å². The zero-order valence-corrected chi connectivity index (χ0v) is 15.4. The van der Waals surface area contributed by atoms with Crippen molar-refractivity contribution >= 4 is 27.3 Å². The van der Waals surface area contributed by atoms with Gasteiger partial charge in [0.2, 0.25) is 15.9 Å². The molecule has 0 aliphatic heterocycles. The molecule has 1 N–H and O–H groups in total. The van der Waals surface area contributed by atoms with Crippen LogP contribution < -0.4 is 5.32 Å². The van der Waals surface area contributed by atoms with E-state index in [4.69, 9.17) is 0 Å². The Labute approximate surface area is 151 Å². The van der Waals surface area contributed by atoms with E-state index in [1.54, 1.807) is 12.1 Å². The topological polar surface area (TPSA) is 110 Å². The van der Waals surface area contributed by atoms with Gasteiger partial charge in [-0.3, -0.25) is 14.9 Å². The molecule has 138 valence electrons. The molecule has 0 aromatic heterocycles. The lowest BCUT2D eigenvalue weighted by molar-refractivity contribution is -0.385. The molecule has 0 heterocycles. The number of hydrogen-bond acceptors (Lipinski definition) is 5. The third kappa shape index (κ3) is 4.24. The highest BCUT2D eigenvalue weighted by molar-refractivity contribution is 7.89. The molecule has 0 saturated heterocycles. The summed E-state index contributed by atoms with van der Waals surface area (Å²) in [7, 11) is -2.51. The minimum Gasteiger partial charge on any atom is -0.324 e. The van der Waals surface area contributed by atoms with E-state index in [-0.39, 0.29) is 16.3 Å². The average Bonchev–Trinajstić information content (AvgIpc) is 2.56. The van der Waals surface area contributed by atoms with Crippen molar-refractivity contribution < 1.29 is 18.1 Å². The van der Waals surface area contributed by atoms with Gasteiger partial charge in [0, 0.05) is 13.1 Å². The van der Waals surface area contributed by atoms with E-state index >= 15 is 0 Å². The van der Waals surface area contributed by atoms with Gasteiger partial charge in [0.15, 0.2) is 0 Å². The van der Waals surface area contributed by atoms with Gasteiger partial charge in [-0.15, -0.1) is 0 Å². The second-order valence-corrected chi connectivity index (χ2v) is 7.87. The largest absolute Gasteiger partial charge is 0.324 e. The van der Waals surface area contributed by atoms with E-state index in [9.17, 15) is 23.3 Å². The number of carbonyl (C=O) groups is 1. The van der Waals surface area contributed by atoms with Crippen LogP contribution in [0.2, 0.25) is 0 Å². The molecule has 9 heteroatoms. The van der Waals surface area contributed by atoms with E-state index in [0.717, 1.165) is 9.87 Å². The summed E-state index contributed by atoms with van der Waals surface area (Å²) >= 11 is 0. The molecule has 2 rings (SSSR count). The number of rotatable bonds is 6. The van der Waals surface area contributed by atoms with Crippen molar-refractivity contribution in [3.8, 4) is 0 Å². The number of sulfonamides is 1. The standard InChI is InChI=1S/C17H19N3O5S/c1-12-7-9-14(10-8-12)26(24,25)19(3)11-17(21)18-15-5-4-6-16(13(15)2)20(22)23/h4-10H,11H2,1-3H3,(H,18,21). The highest BCUT2D eigenvalue weighted by Crippen LogP contribution is 2.25. The molecule has 2 aromatic rings. The van der Waals surface area contributed by atoms with Crippen LogP contribution in [0.1, 0.15) is 11.1 Å². The van der Waals surface area contributed by atoms with Crippen molar-refractivity contribution in [2.24, 2.45) is 0 Å². The maximum Gasteiger partial charge on any atom is 0.274 e. The molecule has 0 unspecified atom stereocenters. The Morgan fingerprint density at radius 1 is 1.15 bits per heavy atom. The first-order chi connectivity index (χ1) is 12.1. The number of amides is 1. The maximum absolute atomic E-state index is 12.5. The number of benzene rings is 2. The number of anilines is 1. The predicted molar refractivity (Wildman–Crippen MR) is 97.5 cm³/mol. The molecule has 26 heavy (non-hydrogen) atoms. The monoisotopic (exact) mass is 377 g/mol. The quantitative estimate of drug-likeness (QED) is 0.614. The average molecular weight is 377 g/mol. The SMILES string of the molecule is Cc1ccc(S(=O)(=O)N(C)CC(=O)Nc2cccc([N+](=O)[O-])c2C)cc1. The van der Waals surface area contributed by atoms with Crippen LogP contribution in [0.5, 0.6) is 0 Å². The van der Waals surface area contributed by atoms with Crippen LogP contribution in [0.3, 0.4) is 0 Å². The maximum atomic E-state index is 12.5. The molecule has 0 atom stereocenters. The van der Waals surface area contributed by atoms with Gasteiger partial charge in [0.05, 0.1) is 27.6 Å². The van der Waals surface area contributed by atoms with E-state index in [0.29, 0.717) is 5.56 Å². The zero-order chi connectivity index (χ0) is 19.5. The van der Waals surface area contributed by atoms with E-state index < -0.39 is 27.4 Å². The second-order valence-electron chi connectivity index (χ2n) is 5.83. The number of carbonyl (C=O) groups excluding carboxylic acids is 1. The van der Waals surface area contributed by atoms with Crippen molar-refractivity contribution in [2.75, 3.05) is 18.9 Å². The first-order valence-corrected chi connectivity index (χ1v) is 9.14. The molecule has 0 radical (unpaired) electrons. The summed E-state index contributed by atoms with van der Waals surface area (Å²) in [5.74, 6) is -0.591. The lowest BCUT2D eigenvalue weighted by Gasteiger charge is -2.17. The summed E-state index contributed by atoms with van der Waals surface area (Å²) in [4.78, 5) is 22.7. The first kappa shape index (κ1) is 19.5. The van der Waals surface area contributed by atoms with Gasteiger partial charge in [0.25, 0.3) is 5.69 Å². The minimum atomic E-state index is -3.81. The second kappa shape index (κ2) is 7.63. The molecule has 8 nitrogen and oxygen atoms in total. The van der Waals surface area contributed by atoms with Crippen LogP contribution in [-0.4, -0.2) is 37.1 Å². The number of likely N-dealkylation sites (N-methyl/N-ethyl adjacent to an activating group) is 1. The summed E-state index contributed by atoms with van der Waals surface area (Å²) in [5, 5.41) is 13.5. The minimum absolute atomic E-state index is 0.0879. The molecular formula is C17H19N3O5S. The number of aryl methyl sites for hydroxylation is 1. The van der Waals surface area contributed by atoms with Gasteiger partial charge in [-0.1, -0.05) is 23.8 Å². The van der Waals surface area contributed by atoms with Crippen LogP contribution in [0.15, 0.2) is 47.4 Å². The van der Waals surface area contributed by atoms with Gasteiger partial charge in [-0.25, -0.2) is 8.42 Å². The molecule has 1 amide bonds. The Bertz CT molecular complexity index is 939. The third-order valence-corrected chi connectivity index (χ3v) is 5.69. The fourth-order valence-corrected chi connectivity index (χ4v) is 3.45. The number of nitro benzene ring substituents is 1. The van der Waals surface area contributed by atoms with Crippen molar-refractivity contribution in [3.05, 3.63) is 63.7 Å². The van der Waals surface area contributed by atoms with Crippen molar-refractivity contribution in [1.29, 1.82) is 0 Å². The number of nitro groups is 1. The molecular weight excluding hydrogens is 358 g/mol. The Hall–Kier alpha value is -2.78. The van der Waals surface area contributed by atoms with E-state index in [1.165, 1.54) is 44.3 Å². The molecule has 0 fully saturated rings. The lowest BCUT2D eigenvalue weighted by Crippen LogP contribution is -2.35. The highest BCUT2D eigenvalue weighted by atomic mass is 32.2. The van der Waals surface area contributed by atoms with Crippen LogP contribution >= 0.6 is 0 Å². The molecule has 2 aromatic carbocycles. The Morgan fingerprint density at radius 2 is 1.77 bits per heavy atom. The summed E-state index contributed by atoms with van der Waals surface area (Å²) in [5.41, 5.74) is 1.37. The number of nitrogens with one attached hydrogen (secondary N) is 1.